The molecule has 4 nitrogen and oxygen atoms in total. The van der Waals surface area contributed by atoms with Crippen molar-refractivity contribution >= 4 is 5.91 Å². The summed E-state index contributed by atoms with van der Waals surface area (Å²) in [6.07, 6.45) is -3.24. The number of amides is 1. The molecule has 1 atom stereocenters. The van der Waals surface area contributed by atoms with Crippen LogP contribution in [0.3, 0.4) is 0 Å². The Hall–Kier alpha value is -1.60. The number of halogens is 3. The number of aliphatic hydroxyl groups excluding tert-OH is 1. The maximum absolute atomic E-state index is 12.1. The van der Waals surface area contributed by atoms with Crippen LogP contribution in [0.4, 0.5) is 13.2 Å². The molecule has 25 heavy (non-hydrogen) atoms. The molecule has 0 spiro atoms. The summed E-state index contributed by atoms with van der Waals surface area (Å²) in [5, 5.41) is 22.8. The largest absolute Gasteiger partial charge is 0.471 e. The van der Waals surface area contributed by atoms with Crippen molar-refractivity contribution in [1.29, 1.82) is 0 Å². The van der Waals surface area contributed by atoms with Crippen LogP contribution in [0.1, 0.15) is 63.2 Å². The summed E-state index contributed by atoms with van der Waals surface area (Å²) < 4.78 is 36.4. The zero-order chi connectivity index (χ0) is 19.1. The Bertz CT molecular complexity index is 555. The van der Waals surface area contributed by atoms with Crippen LogP contribution in [0.15, 0.2) is 24.3 Å². The molecule has 0 aliphatic rings. The van der Waals surface area contributed by atoms with Gasteiger partial charge >= 0.3 is 12.1 Å². The van der Waals surface area contributed by atoms with E-state index in [4.69, 9.17) is 0 Å². The molecule has 0 heterocycles. The van der Waals surface area contributed by atoms with Crippen LogP contribution >= 0.6 is 0 Å². The number of rotatable bonds is 9. The lowest BCUT2D eigenvalue weighted by atomic mass is 9.84. The van der Waals surface area contributed by atoms with Crippen LogP contribution in [0.25, 0.3) is 0 Å². The minimum atomic E-state index is -4.93. The summed E-state index contributed by atoms with van der Waals surface area (Å²) in [4.78, 5) is 10.8. The third kappa shape index (κ3) is 6.32. The maximum atomic E-state index is 12.1. The SMILES string of the molecule is CCCC(O)(CCC)c1cccc(C(O)CCNC(=O)C(F)(F)F)c1. The van der Waals surface area contributed by atoms with E-state index in [2.05, 4.69) is 0 Å². The van der Waals surface area contributed by atoms with Crippen LogP contribution in [0.2, 0.25) is 0 Å². The molecule has 0 fully saturated rings. The quantitative estimate of drug-likeness (QED) is 0.630. The van der Waals surface area contributed by atoms with Crippen LogP contribution in [0, 0.1) is 0 Å². The highest BCUT2D eigenvalue weighted by Gasteiger charge is 2.38. The third-order valence-electron chi connectivity index (χ3n) is 4.10. The molecule has 1 aromatic rings. The van der Waals surface area contributed by atoms with E-state index >= 15 is 0 Å². The van der Waals surface area contributed by atoms with Crippen LogP contribution in [-0.2, 0) is 10.4 Å². The average molecular weight is 361 g/mol. The standard InChI is InChI=1S/C18H26F3NO3/c1-3-9-17(25,10-4-2)14-7-5-6-13(12-14)15(23)8-11-22-16(24)18(19,20)21/h5-7,12,15,23,25H,3-4,8-11H2,1-2H3,(H,22,24). The highest BCUT2D eigenvalue weighted by molar-refractivity contribution is 5.81. The van der Waals surface area contributed by atoms with Gasteiger partial charge in [-0.05, 0) is 30.4 Å². The van der Waals surface area contributed by atoms with Crippen LogP contribution in [-0.4, -0.2) is 28.8 Å². The summed E-state index contributed by atoms with van der Waals surface area (Å²) in [5.41, 5.74) is 0.209. The van der Waals surface area contributed by atoms with Crippen molar-refractivity contribution in [3.63, 3.8) is 0 Å². The van der Waals surface area contributed by atoms with Gasteiger partial charge in [0.05, 0.1) is 11.7 Å². The molecule has 0 aromatic heterocycles. The minimum Gasteiger partial charge on any atom is -0.388 e. The van der Waals surface area contributed by atoms with Crippen molar-refractivity contribution in [2.24, 2.45) is 0 Å². The van der Waals surface area contributed by atoms with Gasteiger partial charge in [0.1, 0.15) is 0 Å². The second-order valence-corrected chi connectivity index (χ2v) is 6.22. The fraction of sp³-hybridized carbons (Fsp3) is 0.611. The monoisotopic (exact) mass is 361 g/mol. The zero-order valence-corrected chi connectivity index (χ0v) is 14.6. The van der Waals surface area contributed by atoms with Crippen LogP contribution in [0.5, 0.6) is 0 Å². The Morgan fingerprint density at radius 3 is 2.32 bits per heavy atom. The zero-order valence-electron chi connectivity index (χ0n) is 14.6. The first-order valence-corrected chi connectivity index (χ1v) is 8.50. The Morgan fingerprint density at radius 2 is 1.80 bits per heavy atom. The third-order valence-corrected chi connectivity index (χ3v) is 4.10. The molecule has 0 saturated carbocycles. The summed E-state index contributed by atoms with van der Waals surface area (Å²) in [6.45, 7) is 3.66. The molecule has 0 saturated heterocycles. The van der Waals surface area contributed by atoms with Crippen molar-refractivity contribution in [2.45, 2.75) is 63.8 Å². The van der Waals surface area contributed by atoms with Gasteiger partial charge in [0, 0.05) is 6.54 Å². The van der Waals surface area contributed by atoms with E-state index in [1.54, 1.807) is 29.6 Å². The number of hydrogen-bond donors (Lipinski definition) is 3. The first-order valence-electron chi connectivity index (χ1n) is 8.50. The van der Waals surface area contributed by atoms with E-state index in [1.807, 2.05) is 13.8 Å². The van der Waals surface area contributed by atoms with Gasteiger partial charge in [0.2, 0.25) is 0 Å². The Morgan fingerprint density at radius 1 is 1.20 bits per heavy atom. The van der Waals surface area contributed by atoms with Gasteiger partial charge in [-0.25, -0.2) is 0 Å². The lowest BCUT2D eigenvalue weighted by molar-refractivity contribution is -0.173. The van der Waals surface area contributed by atoms with Crippen molar-refractivity contribution in [2.75, 3.05) is 6.54 Å². The van der Waals surface area contributed by atoms with Gasteiger partial charge in [-0.3, -0.25) is 4.79 Å². The molecule has 1 unspecified atom stereocenters. The van der Waals surface area contributed by atoms with Gasteiger partial charge in [-0.15, -0.1) is 0 Å². The van der Waals surface area contributed by atoms with Crippen molar-refractivity contribution in [1.82, 2.24) is 5.32 Å². The molecule has 1 rings (SSSR count). The molecule has 0 bridgehead atoms. The lowest BCUT2D eigenvalue weighted by Crippen LogP contribution is -2.37. The number of nitrogens with one attached hydrogen (secondary N) is 1. The second-order valence-electron chi connectivity index (χ2n) is 6.22. The lowest BCUT2D eigenvalue weighted by Gasteiger charge is -2.29. The number of benzene rings is 1. The molecule has 7 heteroatoms. The fourth-order valence-corrected chi connectivity index (χ4v) is 2.87. The number of alkyl halides is 3. The van der Waals surface area contributed by atoms with E-state index in [0.717, 1.165) is 12.8 Å². The van der Waals surface area contributed by atoms with E-state index < -0.39 is 23.8 Å². The van der Waals surface area contributed by atoms with Crippen molar-refractivity contribution in [3.8, 4) is 0 Å². The summed E-state index contributed by atoms with van der Waals surface area (Å²) in [5.74, 6) is -2.02. The fourth-order valence-electron chi connectivity index (χ4n) is 2.87. The number of aliphatic hydroxyl groups is 2. The van der Waals surface area contributed by atoms with E-state index in [-0.39, 0.29) is 13.0 Å². The van der Waals surface area contributed by atoms with Gasteiger partial charge in [-0.2, -0.15) is 13.2 Å². The van der Waals surface area contributed by atoms with Crippen molar-refractivity contribution in [3.05, 3.63) is 35.4 Å². The van der Waals surface area contributed by atoms with Crippen LogP contribution < -0.4 is 5.32 Å². The normalized spacial score (nSPS) is 13.6. The molecular weight excluding hydrogens is 335 g/mol. The van der Waals surface area contributed by atoms with Gasteiger partial charge in [-0.1, -0.05) is 51.0 Å². The Labute approximate surface area is 146 Å². The highest BCUT2D eigenvalue weighted by Crippen LogP contribution is 2.33. The van der Waals surface area contributed by atoms with Gasteiger partial charge < -0.3 is 15.5 Å². The Kier molecular flexibility index (Phi) is 7.89. The molecule has 3 N–H and O–H groups in total. The minimum absolute atomic E-state index is 0.0503. The highest BCUT2D eigenvalue weighted by atomic mass is 19.4. The molecule has 0 aliphatic carbocycles. The maximum Gasteiger partial charge on any atom is 0.471 e. The molecule has 142 valence electrons. The molecule has 1 amide bonds. The summed E-state index contributed by atoms with van der Waals surface area (Å²) >= 11 is 0. The van der Waals surface area contributed by atoms with E-state index in [1.165, 1.54) is 0 Å². The predicted octanol–water partition coefficient (Wildman–Crippen LogP) is 3.58. The number of carbonyl (C=O) groups excluding carboxylic acids is 1. The smallest absolute Gasteiger partial charge is 0.388 e. The second kappa shape index (κ2) is 9.20. The predicted molar refractivity (Wildman–Crippen MR) is 88.8 cm³/mol. The summed E-state index contributed by atoms with van der Waals surface area (Å²) in [7, 11) is 0. The first kappa shape index (κ1) is 21.4. The average Bonchev–Trinajstić information content (AvgIpc) is 2.54. The van der Waals surface area contributed by atoms with E-state index in [0.29, 0.717) is 24.0 Å². The molecule has 0 radical (unpaired) electrons. The van der Waals surface area contributed by atoms with Gasteiger partial charge in [0.25, 0.3) is 0 Å². The van der Waals surface area contributed by atoms with Gasteiger partial charge in [0.15, 0.2) is 0 Å². The van der Waals surface area contributed by atoms with Crippen molar-refractivity contribution < 1.29 is 28.2 Å². The topological polar surface area (TPSA) is 69.6 Å². The molecule has 1 aromatic carbocycles. The number of hydrogen-bond acceptors (Lipinski definition) is 3. The number of carbonyl (C=O) groups is 1. The van der Waals surface area contributed by atoms with E-state index in [9.17, 15) is 28.2 Å². The molecular formula is C18H26F3NO3. The first-order chi connectivity index (χ1) is 11.6. The molecule has 0 aliphatic heterocycles. The Balaban J connectivity index is 2.77. The summed E-state index contributed by atoms with van der Waals surface area (Å²) in [6, 6.07) is 6.82.